The van der Waals surface area contributed by atoms with Crippen molar-refractivity contribution in [2.75, 3.05) is 20.4 Å². The van der Waals surface area contributed by atoms with E-state index in [2.05, 4.69) is 10.6 Å². The van der Waals surface area contributed by atoms with Crippen molar-refractivity contribution >= 4 is 5.91 Å². The highest BCUT2D eigenvalue weighted by Crippen LogP contribution is 2.32. The molecule has 1 aromatic carbocycles. The van der Waals surface area contributed by atoms with Crippen LogP contribution in [0.25, 0.3) is 0 Å². The minimum absolute atomic E-state index is 0.0130. The van der Waals surface area contributed by atoms with Gasteiger partial charge in [-0.2, -0.15) is 0 Å². The van der Waals surface area contributed by atoms with Crippen LogP contribution in [0, 0.1) is 5.92 Å². The number of hydrogen-bond donors (Lipinski definition) is 2. The fraction of sp³-hybridized carbons (Fsp3) is 0.500. The van der Waals surface area contributed by atoms with E-state index in [1.807, 2.05) is 32.2 Å². The standard InChI is InChI=1S/C14H20N2O3/c1-3-11(8-15-2)14(17)16-7-10-4-5-12-13(6-10)19-9-18-12/h4-6,11,15H,3,7-9H2,1-2H3,(H,16,17). The molecule has 1 aliphatic rings. The van der Waals surface area contributed by atoms with Gasteiger partial charge in [0.15, 0.2) is 11.5 Å². The zero-order valence-electron chi connectivity index (χ0n) is 11.4. The van der Waals surface area contributed by atoms with Crippen LogP contribution in [0.15, 0.2) is 18.2 Å². The van der Waals surface area contributed by atoms with E-state index in [0.29, 0.717) is 13.1 Å². The van der Waals surface area contributed by atoms with Crippen LogP contribution in [0.2, 0.25) is 0 Å². The molecule has 5 heteroatoms. The van der Waals surface area contributed by atoms with E-state index in [9.17, 15) is 4.79 Å². The van der Waals surface area contributed by atoms with Crippen molar-refractivity contribution in [3.8, 4) is 11.5 Å². The number of fused-ring (bicyclic) bond motifs is 1. The summed E-state index contributed by atoms with van der Waals surface area (Å²) in [5, 5.41) is 5.99. The van der Waals surface area contributed by atoms with Gasteiger partial charge >= 0.3 is 0 Å². The van der Waals surface area contributed by atoms with Crippen LogP contribution >= 0.6 is 0 Å². The lowest BCUT2D eigenvalue weighted by molar-refractivity contribution is -0.125. The largest absolute Gasteiger partial charge is 0.454 e. The van der Waals surface area contributed by atoms with Gasteiger partial charge in [-0.1, -0.05) is 13.0 Å². The second-order valence-electron chi connectivity index (χ2n) is 4.57. The van der Waals surface area contributed by atoms with E-state index in [4.69, 9.17) is 9.47 Å². The molecular weight excluding hydrogens is 244 g/mol. The first-order valence-corrected chi connectivity index (χ1v) is 6.55. The van der Waals surface area contributed by atoms with Crippen molar-refractivity contribution in [3.05, 3.63) is 23.8 Å². The van der Waals surface area contributed by atoms with Gasteiger partial charge in [0.25, 0.3) is 0 Å². The van der Waals surface area contributed by atoms with Crippen LogP contribution in [-0.4, -0.2) is 26.3 Å². The quantitative estimate of drug-likeness (QED) is 0.812. The lowest BCUT2D eigenvalue weighted by atomic mass is 10.1. The SMILES string of the molecule is CCC(CNC)C(=O)NCc1ccc2c(c1)OCO2. The summed E-state index contributed by atoms with van der Waals surface area (Å²) in [4.78, 5) is 12.0. The Balaban J connectivity index is 1.89. The Morgan fingerprint density at radius 2 is 2.16 bits per heavy atom. The number of carbonyl (C=O) groups is 1. The molecule has 0 aromatic heterocycles. The normalized spacial score (nSPS) is 14.2. The first-order chi connectivity index (χ1) is 9.24. The third-order valence-electron chi connectivity index (χ3n) is 3.22. The number of benzene rings is 1. The number of rotatable bonds is 6. The van der Waals surface area contributed by atoms with E-state index in [0.717, 1.165) is 23.5 Å². The Hall–Kier alpha value is -1.75. The van der Waals surface area contributed by atoms with Crippen molar-refractivity contribution in [2.45, 2.75) is 19.9 Å². The minimum atomic E-state index is 0.0130. The van der Waals surface area contributed by atoms with Gasteiger partial charge in [0.05, 0.1) is 5.92 Å². The predicted molar refractivity (Wildman–Crippen MR) is 72.1 cm³/mol. The van der Waals surface area contributed by atoms with Crippen LogP contribution in [0.5, 0.6) is 11.5 Å². The molecule has 0 radical (unpaired) electrons. The van der Waals surface area contributed by atoms with Crippen LogP contribution in [0.1, 0.15) is 18.9 Å². The van der Waals surface area contributed by atoms with E-state index in [-0.39, 0.29) is 18.6 Å². The summed E-state index contributed by atoms with van der Waals surface area (Å²) in [7, 11) is 1.85. The second-order valence-corrected chi connectivity index (χ2v) is 4.57. The van der Waals surface area contributed by atoms with Gasteiger partial charge in [0.1, 0.15) is 0 Å². The number of ether oxygens (including phenoxy) is 2. The minimum Gasteiger partial charge on any atom is -0.454 e. The molecule has 1 aromatic rings. The number of amides is 1. The summed E-state index contributed by atoms with van der Waals surface area (Å²) < 4.78 is 10.6. The maximum atomic E-state index is 12.0. The molecule has 0 saturated heterocycles. The molecule has 1 atom stereocenters. The van der Waals surface area contributed by atoms with Gasteiger partial charge in [-0.05, 0) is 31.2 Å². The summed E-state index contributed by atoms with van der Waals surface area (Å²) >= 11 is 0. The topological polar surface area (TPSA) is 59.6 Å². The van der Waals surface area contributed by atoms with Gasteiger partial charge in [-0.3, -0.25) is 4.79 Å². The first-order valence-electron chi connectivity index (χ1n) is 6.55. The van der Waals surface area contributed by atoms with E-state index < -0.39 is 0 Å². The predicted octanol–water partition coefficient (Wildman–Crippen LogP) is 1.28. The summed E-state index contributed by atoms with van der Waals surface area (Å²) in [6, 6.07) is 5.71. The molecule has 0 bridgehead atoms. The molecule has 0 spiro atoms. The molecule has 0 fully saturated rings. The smallest absolute Gasteiger partial charge is 0.231 e. The maximum absolute atomic E-state index is 12.0. The Morgan fingerprint density at radius 3 is 2.89 bits per heavy atom. The van der Waals surface area contributed by atoms with Gasteiger partial charge in [0, 0.05) is 13.1 Å². The first kappa shape index (κ1) is 13.7. The number of hydrogen-bond acceptors (Lipinski definition) is 4. The Kier molecular flexibility index (Phi) is 4.63. The van der Waals surface area contributed by atoms with Crippen LogP contribution in [-0.2, 0) is 11.3 Å². The van der Waals surface area contributed by atoms with Gasteiger partial charge < -0.3 is 20.1 Å². The molecular formula is C14H20N2O3. The molecule has 1 aliphatic heterocycles. The average molecular weight is 264 g/mol. The third kappa shape index (κ3) is 3.38. The fourth-order valence-electron chi connectivity index (χ4n) is 2.05. The third-order valence-corrected chi connectivity index (χ3v) is 3.22. The van der Waals surface area contributed by atoms with Crippen molar-refractivity contribution in [1.82, 2.24) is 10.6 Å². The van der Waals surface area contributed by atoms with Crippen molar-refractivity contribution < 1.29 is 14.3 Å². The molecule has 19 heavy (non-hydrogen) atoms. The zero-order chi connectivity index (χ0) is 13.7. The Labute approximate surface area is 113 Å². The molecule has 1 unspecified atom stereocenters. The average Bonchev–Trinajstić information content (AvgIpc) is 2.89. The van der Waals surface area contributed by atoms with Crippen LogP contribution in [0.4, 0.5) is 0 Å². The molecule has 0 aliphatic carbocycles. The summed E-state index contributed by atoms with van der Waals surface area (Å²) in [6.07, 6.45) is 0.827. The second kappa shape index (κ2) is 6.43. The lowest BCUT2D eigenvalue weighted by Gasteiger charge is -2.14. The molecule has 0 saturated carbocycles. The van der Waals surface area contributed by atoms with Crippen molar-refractivity contribution in [3.63, 3.8) is 0 Å². The Bertz CT molecular complexity index is 448. The molecule has 2 N–H and O–H groups in total. The zero-order valence-corrected chi connectivity index (χ0v) is 11.4. The molecule has 1 amide bonds. The number of nitrogens with one attached hydrogen (secondary N) is 2. The van der Waals surface area contributed by atoms with Gasteiger partial charge in [-0.15, -0.1) is 0 Å². The lowest BCUT2D eigenvalue weighted by Crippen LogP contribution is -2.35. The summed E-state index contributed by atoms with van der Waals surface area (Å²) in [5.74, 6) is 1.60. The number of carbonyl (C=O) groups excluding carboxylic acids is 1. The van der Waals surface area contributed by atoms with Gasteiger partial charge in [-0.25, -0.2) is 0 Å². The fourth-order valence-corrected chi connectivity index (χ4v) is 2.05. The highest BCUT2D eigenvalue weighted by atomic mass is 16.7. The summed E-state index contributed by atoms with van der Waals surface area (Å²) in [6.45, 7) is 3.49. The van der Waals surface area contributed by atoms with E-state index in [1.54, 1.807) is 0 Å². The molecule has 104 valence electrons. The molecule has 1 heterocycles. The van der Waals surface area contributed by atoms with Crippen LogP contribution < -0.4 is 20.1 Å². The van der Waals surface area contributed by atoms with E-state index in [1.165, 1.54) is 0 Å². The molecule has 5 nitrogen and oxygen atoms in total. The maximum Gasteiger partial charge on any atom is 0.231 e. The monoisotopic (exact) mass is 264 g/mol. The Morgan fingerprint density at radius 1 is 1.37 bits per heavy atom. The summed E-state index contributed by atoms with van der Waals surface area (Å²) in [5.41, 5.74) is 1.01. The van der Waals surface area contributed by atoms with E-state index >= 15 is 0 Å². The highest BCUT2D eigenvalue weighted by Gasteiger charge is 2.16. The van der Waals surface area contributed by atoms with Gasteiger partial charge in [0.2, 0.25) is 12.7 Å². The van der Waals surface area contributed by atoms with Crippen molar-refractivity contribution in [2.24, 2.45) is 5.92 Å². The highest BCUT2D eigenvalue weighted by molar-refractivity contribution is 5.78. The van der Waals surface area contributed by atoms with Crippen LogP contribution in [0.3, 0.4) is 0 Å². The van der Waals surface area contributed by atoms with Crippen molar-refractivity contribution in [1.29, 1.82) is 0 Å². The molecule has 2 rings (SSSR count).